The molecule has 1 spiro atoms. The number of hydrogen-bond acceptors (Lipinski definition) is 6. The lowest BCUT2D eigenvalue weighted by molar-refractivity contribution is -0.134. The second kappa shape index (κ2) is 11.8. The van der Waals surface area contributed by atoms with Gasteiger partial charge in [-0.15, -0.1) is 11.3 Å². The Morgan fingerprint density at radius 2 is 1.57 bits per heavy atom. The maximum absolute atomic E-state index is 14.9. The number of likely N-dealkylation sites (tertiary alicyclic amines) is 2. The Morgan fingerprint density at radius 3 is 2.20 bits per heavy atom. The van der Waals surface area contributed by atoms with Gasteiger partial charge in [-0.2, -0.15) is 0 Å². The number of benzene rings is 1. The number of carbonyl (C=O) groups is 3. The van der Waals surface area contributed by atoms with Crippen molar-refractivity contribution in [3.63, 3.8) is 0 Å². The van der Waals surface area contributed by atoms with Crippen molar-refractivity contribution in [2.75, 3.05) is 52.4 Å². The van der Waals surface area contributed by atoms with E-state index in [4.69, 9.17) is 0 Å². The van der Waals surface area contributed by atoms with E-state index in [2.05, 4.69) is 85.5 Å². The number of amides is 2. The van der Waals surface area contributed by atoms with Crippen molar-refractivity contribution in [1.82, 2.24) is 24.6 Å². The predicted octanol–water partition coefficient (Wildman–Crippen LogP) is 6.64. The van der Waals surface area contributed by atoms with Crippen LogP contribution in [-0.4, -0.2) is 106 Å². The summed E-state index contributed by atoms with van der Waals surface area (Å²) in [6.07, 6.45) is 7.07. The fourth-order valence-corrected chi connectivity index (χ4v) is 11.0. The number of nitrogens with zero attached hydrogens (tertiary/aromatic N) is 4. The number of piperazine rings is 1. The number of aromatic amines is 1. The number of thiophene rings is 1. The van der Waals surface area contributed by atoms with Crippen LogP contribution in [0.2, 0.25) is 0 Å². The van der Waals surface area contributed by atoms with Gasteiger partial charge in [-0.25, -0.2) is 0 Å². The highest BCUT2D eigenvalue weighted by Crippen LogP contribution is 2.67. The Hall–Kier alpha value is -3.01. The number of aromatic nitrogens is 1. The summed E-state index contributed by atoms with van der Waals surface area (Å²) < 4.78 is 0. The third-order valence-corrected chi connectivity index (χ3v) is 14.1. The Morgan fingerprint density at radius 1 is 0.898 bits per heavy atom. The van der Waals surface area contributed by atoms with Crippen LogP contribution in [0.25, 0.3) is 21.5 Å². The third-order valence-electron chi connectivity index (χ3n) is 12.8. The van der Waals surface area contributed by atoms with Gasteiger partial charge in [0.05, 0.1) is 34.8 Å². The van der Waals surface area contributed by atoms with Crippen LogP contribution in [0.1, 0.15) is 94.0 Å². The number of rotatable bonds is 9. The van der Waals surface area contributed by atoms with Crippen molar-refractivity contribution in [3.05, 3.63) is 45.8 Å². The topological polar surface area (TPSA) is 79.7 Å². The quantitative estimate of drug-likeness (QED) is 0.202. The van der Waals surface area contributed by atoms with E-state index in [0.29, 0.717) is 25.0 Å². The summed E-state index contributed by atoms with van der Waals surface area (Å²) in [7, 11) is 0. The van der Waals surface area contributed by atoms with E-state index < -0.39 is 10.8 Å². The van der Waals surface area contributed by atoms with Crippen LogP contribution in [-0.2, 0) is 15.0 Å². The van der Waals surface area contributed by atoms with Crippen molar-refractivity contribution in [2.45, 2.75) is 97.1 Å². The molecule has 2 amide bonds. The van der Waals surface area contributed by atoms with Crippen molar-refractivity contribution >= 4 is 39.2 Å². The minimum atomic E-state index is -0.657. The first-order chi connectivity index (χ1) is 23.3. The fourth-order valence-electron chi connectivity index (χ4n) is 9.87. The molecular weight excluding hydrogens is 631 g/mol. The highest BCUT2D eigenvalue weighted by Gasteiger charge is 2.76. The molecule has 8 nitrogen and oxygen atoms in total. The van der Waals surface area contributed by atoms with Gasteiger partial charge in [-0.3, -0.25) is 24.2 Å². The van der Waals surface area contributed by atoms with Crippen molar-refractivity contribution in [3.8, 4) is 11.3 Å². The molecule has 5 fully saturated rings. The second-order valence-electron chi connectivity index (χ2n) is 17.1. The van der Waals surface area contributed by atoms with Crippen molar-refractivity contribution in [1.29, 1.82) is 0 Å². The van der Waals surface area contributed by atoms with Gasteiger partial charge in [-0.05, 0) is 95.9 Å². The van der Waals surface area contributed by atoms with E-state index >= 15 is 0 Å². The van der Waals surface area contributed by atoms with E-state index in [1.165, 1.54) is 12.8 Å². The van der Waals surface area contributed by atoms with Gasteiger partial charge in [0.25, 0.3) is 0 Å². The molecule has 0 radical (unpaired) electrons. The second-order valence-corrected chi connectivity index (χ2v) is 18.1. The average molecular weight is 686 g/mol. The number of Topliss-reactive ketones (excluding diaryl/α,β-unsaturated/α-hetero) is 1. The summed E-state index contributed by atoms with van der Waals surface area (Å²) in [6, 6.07) is 9.08. The molecule has 264 valence electrons. The summed E-state index contributed by atoms with van der Waals surface area (Å²) in [4.78, 5) is 56.4. The first-order valence-electron chi connectivity index (χ1n) is 18.7. The van der Waals surface area contributed by atoms with Gasteiger partial charge >= 0.3 is 0 Å². The summed E-state index contributed by atoms with van der Waals surface area (Å²) >= 11 is 1.64. The summed E-state index contributed by atoms with van der Waals surface area (Å²) in [5, 5.41) is 0.934. The maximum Gasteiger partial charge on any atom is 0.236 e. The molecule has 3 atom stereocenters. The maximum atomic E-state index is 14.9. The van der Waals surface area contributed by atoms with E-state index in [9.17, 15) is 14.4 Å². The molecule has 49 heavy (non-hydrogen) atoms. The predicted molar refractivity (Wildman–Crippen MR) is 198 cm³/mol. The normalized spacial score (nSPS) is 25.8. The lowest BCUT2D eigenvalue weighted by atomic mass is 9.73. The zero-order valence-corrected chi connectivity index (χ0v) is 31.1. The Labute approximate surface area is 296 Å². The van der Waals surface area contributed by atoms with Crippen LogP contribution < -0.4 is 0 Å². The zero-order chi connectivity index (χ0) is 34.5. The van der Waals surface area contributed by atoms with Crippen LogP contribution in [0.5, 0.6) is 0 Å². The largest absolute Gasteiger partial charge is 0.346 e. The molecule has 1 aromatic carbocycles. The molecule has 8 rings (SSSR count). The van der Waals surface area contributed by atoms with E-state index in [-0.39, 0.29) is 24.6 Å². The molecule has 3 aromatic rings. The minimum absolute atomic E-state index is 0. The lowest BCUT2D eigenvalue weighted by Gasteiger charge is -2.38. The van der Waals surface area contributed by atoms with Crippen LogP contribution in [0.3, 0.4) is 0 Å². The van der Waals surface area contributed by atoms with Crippen LogP contribution in [0.15, 0.2) is 24.3 Å². The Kier molecular flexibility index (Phi) is 7.97. The number of H-pyrrole nitrogens is 1. The number of aryl methyl sites for hydroxylation is 2. The molecule has 3 aliphatic heterocycles. The van der Waals surface area contributed by atoms with E-state index in [1.54, 1.807) is 11.3 Å². The van der Waals surface area contributed by atoms with Gasteiger partial charge in [-0.1, -0.05) is 31.0 Å². The van der Waals surface area contributed by atoms with Crippen molar-refractivity contribution in [2.24, 2.45) is 11.3 Å². The molecule has 5 heterocycles. The molecule has 1 N–H and O–H groups in total. The van der Waals surface area contributed by atoms with Crippen LogP contribution >= 0.6 is 11.3 Å². The van der Waals surface area contributed by atoms with Gasteiger partial charge in [0, 0.05) is 62.9 Å². The molecule has 2 saturated carbocycles. The highest BCUT2D eigenvalue weighted by molar-refractivity contribution is 7.19. The van der Waals surface area contributed by atoms with E-state index in [0.717, 1.165) is 108 Å². The average Bonchev–Trinajstić information content (AvgIpc) is 3.53. The monoisotopic (exact) mass is 685 g/mol. The molecular formula is C40H55N5O3S. The first kappa shape index (κ1) is 33.2. The lowest BCUT2D eigenvalue weighted by Crippen LogP contribution is -2.52. The highest BCUT2D eigenvalue weighted by atomic mass is 32.1. The molecule has 3 saturated heterocycles. The third kappa shape index (κ3) is 5.41. The number of nitrogens with one attached hydrogen (secondary N) is 1. The van der Waals surface area contributed by atoms with Crippen LogP contribution in [0.4, 0.5) is 0 Å². The Balaban J connectivity index is 0.00000392. The Bertz CT molecular complexity index is 1810. The molecule has 5 aliphatic rings. The number of fused-ring (bicyclic) bond motifs is 1. The van der Waals surface area contributed by atoms with Gasteiger partial charge in [0.2, 0.25) is 11.8 Å². The fraction of sp³-hybridized carbons (Fsp3) is 0.625. The molecule has 2 aliphatic carbocycles. The number of hydrogen-bond donors (Lipinski definition) is 1. The number of ketones is 1. The first-order valence-corrected chi connectivity index (χ1v) is 19.5. The van der Waals surface area contributed by atoms with Crippen molar-refractivity contribution < 1.29 is 15.8 Å². The standard InChI is InChI=1S/C40H53N5O3S.H2/c1-25-19-26(2)21-27(20-25)34-33(35(47)38(3,4)24-43-17-15-42(16-18-43)23-32(46)44-13-7-8-14-44)29-22-31(49-36(29)41-34)39(5,6)37(48)45-30-10-9-28-11-12-40(28,30)45;/h19-22,28,30,41H,7-18,23-24H2,1-6H3;1H. The smallest absolute Gasteiger partial charge is 0.236 e. The van der Waals surface area contributed by atoms with Gasteiger partial charge < -0.3 is 14.8 Å². The SMILES string of the molecule is Cc1cc(C)cc(-c2[nH]c3sc(C(C)(C)C(=O)N4C5CCC6CCC654)cc3c2C(=O)C(C)(C)CN2CCN(CC(=O)N3CCCC3)CC2)c1.[HH]. The molecule has 0 bridgehead atoms. The summed E-state index contributed by atoms with van der Waals surface area (Å²) in [5.74, 6) is 1.32. The molecule has 9 heteroatoms. The van der Waals surface area contributed by atoms with E-state index in [1.807, 2.05) is 4.90 Å². The van der Waals surface area contributed by atoms with Gasteiger partial charge in [0.15, 0.2) is 5.78 Å². The summed E-state index contributed by atoms with van der Waals surface area (Å²) in [5.41, 5.74) is 3.84. The number of piperidine rings is 1. The van der Waals surface area contributed by atoms with Crippen LogP contribution in [0, 0.1) is 25.2 Å². The zero-order valence-electron chi connectivity index (χ0n) is 30.3. The summed E-state index contributed by atoms with van der Waals surface area (Å²) in [6.45, 7) is 18.8. The molecule has 3 unspecified atom stereocenters. The molecule has 2 aromatic heterocycles. The van der Waals surface area contributed by atoms with Gasteiger partial charge in [0.1, 0.15) is 4.83 Å². The number of carbonyl (C=O) groups excluding carboxylic acids is 3. The minimum Gasteiger partial charge on any atom is -0.346 e.